The first-order valence-electron chi connectivity index (χ1n) is 6.58. The van der Waals surface area contributed by atoms with Crippen molar-refractivity contribution in [1.82, 2.24) is 9.55 Å². The predicted molar refractivity (Wildman–Crippen MR) is 86.7 cm³/mol. The second-order valence-corrected chi connectivity index (χ2v) is 7.01. The van der Waals surface area contributed by atoms with E-state index in [0.29, 0.717) is 17.0 Å². The standard InChI is InChI=1S/C15H15ClFN3S/c1-7-4-10(9(3)21-7)8(2)20-14-6-12(17)11(16)5-13(14)19-15(20)18/h4-6,8H,1-3H3,(H2,18,19). The smallest absolute Gasteiger partial charge is 0.201 e. The fourth-order valence-corrected chi connectivity index (χ4v) is 3.89. The van der Waals surface area contributed by atoms with Gasteiger partial charge in [0.15, 0.2) is 0 Å². The van der Waals surface area contributed by atoms with E-state index >= 15 is 0 Å². The molecule has 0 saturated carbocycles. The minimum absolute atomic E-state index is 0.0134. The lowest BCUT2D eigenvalue weighted by molar-refractivity contribution is 0.625. The fourth-order valence-electron chi connectivity index (χ4n) is 2.72. The van der Waals surface area contributed by atoms with Gasteiger partial charge in [-0.2, -0.15) is 0 Å². The van der Waals surface area contributed by atoms with Gasteiger partial charge in [0.2, 0.25) is 5.95 Å². The van der Waals surface area contributed by atoms with E-state index in [9.17, 15) is 4.39 Å². The molecular formula is C15H15ClFN3S. The van der Waals surface area contributed by atoms with Crippen LogP contribution in [0.15, 0.2) is 18.2 Å². The Kier molecular flexibility index (Phi) is 3.42. The van der Waals surface area contributed by atoms with Crippen molar-refractivity contribution in [1.29, 1.82) is 0 Å². The van der Waals surface area contributed by atoms with Gasteiger partial charge in [0, 0.05) is 15.8 Å². The van der Waals surface area contributed by atoms with Crippen LogP contribution in [0.4, 0.5) is 10.3 Å². The molecule has 3 rings (SSSR count). The van der Waals surface area contributed by atoms with Crippen molar-refractivity contribution in [3.63, 3.8) is 0 Å². The molecule has 0 saturated heterocycles. The van der Waals surface area contributed by atoms with Crippen LogP contribution in [0, 0.1) is 19.7 Å². The van der Waals surface area contributed by atoms with Gasteiger partial charge in [-0.3, -0.25) is 0 Å². The van der Waals surface area contributed by atoms with Crippen molar-refractivity contribution in [3.8, 4) is 0 Å². The lowest BCUT2D eigenvalue weighted by Gasteiger charge is -2.16. The molecule has 0 spiro atoms. The third-order valence-corrected chi connectivity index (χ3v) is 4.95. The van der Waals surface area contributed by atoms with Crippen LogP contribution in [0.5, 0.6) is 0 Å². The molecular weight excluding hydrogens is 309 g/mol. The maximum Gasteiger partial charge on any atom is 0.201 e. The van der Waals surface area contributed by atoms with E-state index in [2.05, 4.69) is 24.9 Å². The summed E-state index contributed by atoms with van der Waals surface area (Å²) in [4.78, 5) is 6.77. The number of hydrogen-bond acceptors (Lipinski definition) is 3. The molecule has 110 valence electrons. The Bertz CT molecular complexity index is 837. The van der Waals surface area contributed by atoms with Crippen molar-refractivity contribution >= 4 is 39.9 Å². The van der Waals surface area contributed by atoms with Crippen molar-refractivity contribution < 1.29 is 4.39 Å². The summed E-state index contributed by atoms with van der Waals surface area (Å²) in [7, 11) is 0. The lowest BCUT2D eigenvalue weighted by atomic mass is 10.1. The maximum absolute atomic E-state index is 13.8. The summed E-state index contributed by atoms with van der Waals surface area (Å²) in [6, 6.07) is 5.03. The molecule has 0 amide bonds. The average molecular weight is 324 g/mol. The van der Waals surface area contributed by atoms with Gasteiger partial charge < -0.3 is 10.3 Å². The second-order valence-electron chi connectivity index (χ2n) is 5.14. The Labute approximate surface area is 131 Å². The number of aromatic nitrogens is 2. The number of nitrogen functional groups attached to an aromatic ring is 1. The number of rotatable bonds is 2. The van der Waals surface area contributed by atoms with E-state index in [1.165, 1.54) is 27.5 Å². The SMILES string of the molecule is Cc1cc(C(C)n2c(N)nc3cc(Cl)c(F)cc32)c(C)s1. The minimum atomic E-state index is -0.462. The molecule has 1 aromatic carbocycles. The molecule has 1 unspecified atom stereocenters. The number of aryl methyl sites for hydroxylation is 2. The van der Waals surface area contributed by atoms with Gasteiger partial charge in [-0.15, -0.1) is 11.3 Å². The van der Waals surface area contributed by atoms with Crippen LogP contribution in [0.2, 0.25) is 5.02 Å². The Hall–Kier alpha value is -1.59. The fraction of sp³-hybridized carbons (Fsp3) is 0.267. The van der Waals surface area contributed by atoms with Crippen LogP contribution < -0.4 is 5.73 Å². The van der Waals surface area contributed by atoms with E-state index in [1.54, 1.807) is 11.3 Å². The largest absolute Gasteiger partial charge is 0.369 e. The third kappa shape index (κ3) is 2.30. The Morgan fingerprint density at radius 2 is 2.05 bits per heavy atom. The van der Waals surface area contributed by atoms with Crippen LogP contribution in [0.3, 0.4) is 0 Å². The third-order valence-electron chi connectivity index (χ3n) is 3.68. The summed E-state index contributed by atoms with van der Waals surface area (Å²) in [5, 5.41) is 0.0577. The van der Waals surface area contributed by atoms with Crippen LogP contribution in [-0.4, -0.2) is 9.55 Å². The highest BCUT2D eigenvalue weighted by Crippen LogP contribution is 2.34. The lowest BCUT2D eigenvalue weighted by Crippen LogP contribution is -2.10. The normalized spacial score (nSPS) is 13.0. The van der Waals surface area contributed by atoms with E-state index in [1.807, 2.05) is 11.5 Å². The number of thiophene rings is 1. The van der Waals surface area contributed by atoms with E-state index < -0.39 is 5.82 Å². The Balaban J connectivity index is 2.22. The Morgan fingerprint density at radius 3 is 2.67 bits per heavy atom. The van der Waals surface area contributed by atoms with Crippen molar-refractivity contribution in [2.24, 2.45) is 0 Å². The number of imidazole rings is 1. The van der Waals surface area contributed by atoms with Crippen molar-refractivity contribution in [2.75, 3.05) is 5.73 Å². The molecule has 1 atom stereocenters. The maximum atomic E-state index is 13.8. The zero-order chi connectivity index (χ0) is 15.3. The predicted octanol–water partition coefficient (Wildman–Crippen LogP) is 4.70. The molecule has 0 aliphatic rings. The van der Waals surface area contributed by atoms with Gasteiger partial charge in [-0.25, -0.2) is 9.37 Å². The summed E-state index contributed by atoms with van der Waals surface area (Å²) < 4.78 is 15.6. The highest BCUT2D eigenvalue weighted by molar-refractivity contribution is 7.12. The first kappa shape index (κ1) is 14.4. The average Bonchev–Trinajstić information content (AvgIpc) is 2.89. The number of fused-ring (bicyclic) bond motifs is 1. The molecule has 3 nitrogen and oxygen atoms in total. The number of benzene rings is 1. The zero-order valence-corrected chi connectivity index (χ0v) is 13.5. The first-order valence-corrected chi connectivity index (χ1v) is 7.77. The number of anilines is 1. The van der Waals surface area contributed by atoms with Gasteiger partial charge in [0.25, 0.3) is 0 Å². The molecule has 0 aliphatic heterocycles. The van der Waals surface area contributed by atoms with E-state index in [-0.39, 0.29) is 11.1 Å². The number of halogens is 2. The molecule has 0 aliphatic carbocycles. The minimum Gasteiger partial charge on any atom is -0.369 e. The molecule has 3 aromatic rings. The number of hydrogen-bond donors (Lipinski definition) is 1. The van der Waals surface area contributed by atoms with Crippen LogP contribution >= 0.6 is 22.9 Å². The van der Waals surface area contributed by atoms with Crippen LogP contribution in [0.1, 0.15) is 28.3 Å². The van der Waals surface area contributed by atoms with Gasteiger partial charge in [0.1, 0.15) is 5.82 Å². The molecule has 0 bridgehead atoms. The van der Waals surface area contributed by atoms with Gasteiger partial charge in [-0.1, -0.05) is 11.6 Å². The summed E-state index contributed by atoms with van der Waals surface area (Å²) in [5.74, 6) is -0.0989. The second kappa shape index (κ2) is 5.00. The topological polar surface area (TPSA) is 43.8 Å². The quantitative estimate of drug-likeness (QED) is 0.743. The number of nitrogens with zero attached hydrogens (tertiary/aromatic N) is 2. The molecule has 0 fully saturated rings. The highest BCUT2D eigenvalue weighted by Gasteiger charge is 2.19. The number of nitrogens with two attached hydrogens (primary N) is 1. The molecule has 0 radical (unpaired) electrons. The van der Waals surface area contributed by atoms with E-state index in [0.717, 1.165) is 0 Å². The summed E-state index contributed by atoms with van der Waals surface area (Å²) in [5.41, 5.74) is 8.48. The highest BCUT2D eigenvalue weighted by atomic mass is 35.5. The first-order chi connectivity index (χ1) is 9.88. The molecule has 2 N–H and O–H groups in total. The molecule has 6 heteroatoms. The van der Waals surface area contributed by atoms with Gasteiger partial charge in [0.05, 0.1) is 22.1 Å². The summed E-state index contributed by atoms with van der Waals surface area (Å²) in [6.07, 6.45) is 0. The summed E-state index contributed by atoms with van der Waals surface area (Å²) >= 11 is 7.55. The van der Waals surface area contributed by atoms with E-state index in [4.69, 9.17) is 17.3 Å². The van der Waals surface area contributed by atoms with Gasteiger partial charge >= 0.3 is 0 Å². The summed E-state index contributed by atoms with van der Waals surface area (Å²) in [6.45, 7) is 6.19. The zero-order valence-electron chi connectivity index (χ0n) is 11.9. The van der Waals surface area contributed by atoms with Crippen LogP contribution in [0.25, 0.3) is 11.0 Å². The molecule has 21 heavy (non-hydrogen) atoms. The Morgan fingerprint density at radius 1 is 1.33 bits per heavy atom. The monoisotopic (exact) mass is 323 g/mol. The van der Waals surface area contributed by atoms with Gasteiger partial charge in [-0.05, 0) is 38.5 Å². The van der Waals surface area contributed by atoms with Crippen molar-refractivity contribution in [3.05, 3.63) is 44.4 Å². The van der Waals surface area contributed by atoms with Crippen LogP contribution in [-0.2, 0) is 0 Å². The molecule has 2 heterocycles. The van der Waals surface area contributed by atoms with Crippen molar-refractivity contribution in [2.45, 2.75) is 26.8 Å². The molecule has 2 aromatic heterocycles.